The van der Waals surface area contributed by atoms with Gasteiger partial charge in [0.1, 0.15) is 10.6 Å². The van der Waals surface area contributed by atoms with Gasteiger partial charge < -0.3 is 4.42 Å². The lowest BCUT2D eigenvalue weighted by Gasteiger charge is -1.99. The number of ketones is 1. The van der Waals surface area contributed by atoms with E-state index in [4.69, 9.17) is 4.42 Å². The van der Waals surface area contributed by atoms with Gasteiger partial charge in [-0.1, -0.05) is 48.5 Å². The molecule has 0 atom stereocenters. The molecule has 0 saturated carbocycles. The number of rotatable bonds is 5. The van der Waals surface area contributed by atoms with Crippen molar-refractivity contribution < 1.29 is 14.1 Å². The predicted octanol–water partition coefficient (Wildman–Crippen LogP) is 4.27. The van der Waals surface area contributed by atoms with Crippen molar-refractivity contribution in [3.63, 3.8) is 0 Å². The Morgan fingerprint density at radius 2 is 1.63 bits per heavy atom. The van der Waals surface area contributed by atoms with Crippen LogP contribution in [0.15, 0.2) is 83.4 Å². The summed E-state index contributed by atoms with van der Waals surface area (Å²) in [5.74, 6) is -0.486. The Morgan fingerprint density at radius 1 is 0.963 bits per heavy atom. The van der Waals surface area contributed by atoms with Crippen LogP contribution in [0.3, 0.4) is 0 Å². The quantitative estimate of drug-likeness (QED) is 0.301. The van der Waals surface area contributed by atoms with E-state index in [-0.39, 0.29) is 17.2 Å². The van der Waals surface area contributed by atoms with E-state index in [0.717, 1.165) is 5.69 Å². The second-order valence-electron chi connectivity index (χ2n) is 5.76. The zero-order valence-corrected chi connectivity index (χ0v) is 14.0. The number of nitro groups is 1. The van der Waals surface area contributed by atoms with E-state index < -0.39 is 10.8 Å². The molecule has 0 bridgehead atoms. The fourth-order valence-electron chi connectivity index (χ4n) is 2.73. The van der Waals surface area contributed by atoms with Gasteiger partial charge in [0.2, 0.25) is 0 Å². The molecule has 0 saturated heterocycles. The Bertz CT molecular complexity index is 1110. The second kappa shape index (κ2) is 6.72. The van der Waals surface area contributed by atoms with Gasteiger partial charge in [-0.2, -0.15) is 5.10 Å². The Hall–Kier alpha value is -4.00. The van der Waals surface area contributed by atoms with Crippen LogP contribution in [0.2, 0.25) is 0 Å². The highest BCUT2D eigenvalue weighted by atomic mass is 16.6. The van der Waals surface area contributed by atoms with Crippen LogP contribution in [0.25, 0.3) is 17.1 Å². The number of aromatic nitrogens is 2. The van der Waals surface area contributed by atoms with Crippen molar-refractivity contribution in [2.75, 3.05) is 0 Å². The summed E-state index contributed by atoms with van der Waals surface area (Å²) in [6, 6.07) is 20.7. The fourth-order valence-corrected chi connectivity index (χ4v) is 2.73. The Morgan fingerprint density at radius 3 is 2.26 bits per heavy atom. The highest BCUT2D eigenvalue weighted by Gasteiger charge is 2.24. The topological polar surface area (TPSA) is 91.2 Å². The lowest BCUT2D eigenvalue weighted by Crippen LogP contribution is -2.01. The lowest BCUT2D eigenvalue weighted by atomic mass is 10.0. The maximum atomic E-state index is 13.0. The molecule has 4 aromatic rings. The highest BCUT2D eigenvalue weighted by molar-refractivity contribution is 6.12. The van der Waals surface area contributed by atoms with Gasteiger partial charge >= 0.3 is 5.88 Å². The molecular formula is C20H13N3O4. The number of nitrogens with zero attached hydrogens (tertiary/aromatic N) is 3. The van der Waals surface area contributed by atoms with Crippen LogP contribution in [-0.4, -0.2) is 20.5 Å². The van der Waals surface area contributed by atoms with E-state index in [9.17, 15) is 14.9 Å². The van der Waals surface area contributed by atoms with Gasteiger partial charge in [-0.25, -0.2) is 4.68 Å². The average Bonchev–Trinajstić information content (AvgIpc) is 3.36. The number of hydrogen-bond acceptors (Lipinski definition) is 5. The number of para-hydroxylation sites is 1. The zero-order chi connectivity index (χ0) is 18.8. The highest BCUT2D eigenvalue weighted by Crippen LogP contribution is 2.30. The summed E-state index contributed by atoms with van der Waals surface area (Å²) in [5, 5.41) is 15.4. The molecule has 0 fully saturated rings. The molecule has 2 aromatic carbocycles. The molecule has 7 nitrogen and oxygen atoms in total. The minimum absolute atomic E-state index is 0.163. The standard InChI is InChI=1S/C20H13N3O4/c24-20(14-7-3-1-4-8-14)16-13-22(15-9-5-2-6-10-15)21-19(16)17-11-12-18(27-17)23(25)26/h1-13H. The van der Waals surface area contributed by atoms with Gasteiger partial charge in [-0.3, -0.25) is 14.9 Å². The molecule has 0 N–H and O–H groups in total. The minimum Gasteiger partial charge on any atom is -0.399 e. The van der Waals surface area contributed by atoms with Gasteiger partial charge in [-0.15, -0.1) is 0 Å². The molecule has 0 aliphatic heterocycles. The van der Waals surface area contributed by atoms with Crippen molar-refractivity contribution in [3.8, 4) is 17.1 Å². The first-order chi connectivity index (χ1) is 13.1. The molecule has 132 valence electrons. The third-order valence-corrected chi connectivity index (χ3v) is 4.02. The smallest absolute Gasteiger partial charge is 0.399 e. The Kier molecular flexibility index (Phi) is 4.10. The summed E-state index contributed by atoms with van der Waals surface area (Å²) in [6.45, 7) is 0. The van der Waals surface area contributed by atoms with E-state index in [2.05, 4.69) is 5.10 Å². The first-order valence-corrected chi connectivity index (χ1v) is 8.13. The number of carbonyl (C=O) groups excluding carboxylic acids is 1. The first kappa shape index (κ1) is 16.5. The van der Waals surface area contributed by atoms with Crippen LogP contribution in [0.4, 0.5) is 5.88 Å². The normalized spacial score (nSPS) is 10.7. The van der Waals surface area contributed by atoms with Gasteiger partial charge in [0.15, 0.2) is 11.5 Å². The predicted molar refractivity (Wildman–Crippen MR) is 97.8 cm³/mol. The molecular weight excluding hydrogens is 346 g/mol. The molecule has 4 rings (SSSR count). The van der Waals surface area contributed by atoms with Crippen molar-refractivity contribution in [2.45, 2.75) is 0 Å². The van der Waals surface area contributed by atoms with Crippen molar-refractivity contribution in [1.29, 1.82) is 0 Å². The molecule has 2 heterocycles. The van der Waals surface area contributed by atoms with E-state index in [1.165, 1.54) is 12.1 Å². The minimum atomic E-state index is -0.629. The molecule has 0 aliphatic rings. The van der Waals surface area contributed by atoms with Crippen molar-refractivity contribution in [3.05, 3.63) is 100 Å². The summed E-state index contributed by atoms with van der Waals surface area (Å²) >= 11 is 0. The van der Waals surface area contributed by atoms with E-state index in [1.54, 1.807) is 35.1 Å². The summed E-state index contributed by atoms with van der Waals surface area (Å²) in [4.78, 5) is 23.3. The third-order valence-electron chi connectivity index (χ3n) is 4.02. The molecule has 0 aliphatic carbocycles. The Labute approximate surface area is 153 Å². The number of furan rings is 1. The Balaban J connectivity index is 1.86. The maximum Gasteiger partial charge on any atom is 0.433 e. The molecule has 2 aromatic heterocycles. The lowest BCUT2D eigenvalue weighted by molar-refractivity contribution is -0.401. The van der Waals surface area contributed by atoms with E-state index in [0.29, 0.717) is 11.1 Å². The van der Waals surface area contributed by atoms with Gasteiger partial charge in [0.05, 0.1) is 17.3 Å². The molecule has 0 amide bonds. The third kappa shape index (κ3) is 3.13. The average molecular weight is 359 g/mol. The summed E-state index contributed by atoms with van der Waals surface area (Å²) in [6.07, 6.45) is 1.61. The van der Waals surface area contributed by atoms with Crippen molar-refractivity contribution in [1.82, 2.24) is 9.78 Å². The van der Waals surface area contributed by atoms with E-state index in [1.807, 2.05) is 36.4 Å². The summed E-state index contributed by atoms with van der Waals surface area (Å²) in [5.41, 5.74) is 1.80. The molecule has 27 heavy (non-hydrogen) atoms. The largest absolute Gasteiger partial charge is 0.433 e. The molecule has 0 unspecified atom stereocenters. The fraction of sp³-hybridized carbons (Fsp3) is 0. The molecule has 7 heteroatoms. The van der Waals surface area contributed by atoms with Crippen LogP contribution < -0.4 is 0 Å². The van der Waals surface area contributed by atoms with Gasteiger partial charge in [-0.05, 0) is 18.2 Å². The van der Waals surface area contributed by atoms with Crippen LogP contribution in [0.1, 0.15) is 15.9 Å². The van der Waals surface area contributed by atoms with Gasteiger partial charge in [0.25, 0.3) is 0 Å². The number of carbonyl (C=O) groups is 1. The van der Waals surface area contributed by atoms with Crippen LogP contribution in [0.5, 0.6) is 0 Å². The number of benzene rings is 2. The molecule has 0 radical (unpaired) electrons. The van der Waals surface area contributed by atoms with Crippen LogP contribution >= 0.6 is 0 Å². The first-order valence-electron chi connectivity index (χ1n) is 8.13. The van der Waals surface area contributed by atoms with Crippen molar-refractivity contribution in [2.24, 2.45) is 0 Å². The summed E-state index contributed by atoms with van der Waals surface area (Å²) < 4.78 is 6.84. The van der Waals surface area contributed by atoms with Crippen LogP contribution in [0, 0.1) is 10.1 Å². The zero-order valence-electron chi connectivity index (χ0n) is 14.0. The SMILES string of the molecule is O=C(c1ccccc1)c1cn(-c2ccccc2)nc1-c1ccc([N+](=O)[O-])o1. The molecule has 0 spiro atoms. The maximum absolute atomic E-state index is 13.0. The monoisotopic (exact) mass is 359 g/mol. The van der Waals surface area contributed by atoms with Crippen molar-refractivity contribution >= 4 is 11.7 Å². The number of hydrogen-bond donors (Lipinski definition) is 0. The van der Waals surface area contributed by atoms with Gasteiger partial charge in [0, 0.05) is 11.8 Å². The van der Waals surface area contributed by atoms with Crippen LogP contribution in [-0.2, 0) is 0 Å². The van der Waals surface area contributed by atoms with E-state index >= 15 is 0 Å². The second-order valence-corrected chi connectivity index (χ2v) is 5.76. The summed E-state index contributed by atoms with van der Waals surface area (Å²) in [7, 11) is 0.